The van der Waals surface area contributed by atoms with Crippen molar-refractivity contribution in [1.82, 2.24) is 29.7 Å². The molecule has 3 heterocycles. The highest BCUT2D eigenvalue weighted by Crippen LogP contribution is 2.23. The first-order valence-electron chi connectivity index (χ1n) is 9.94. The van der Waals surface area contributed by atoms with Crippen LogP contribution in [0.4, 0.5) is 0 Å². The van der Waals surface area contributed by atoms with Gasteiger partial charge in [0.2, 0.25) is 5.91 Å². The largest absolute Gasteiger partial charge is 0.360 e. The lowest BCUT2D eigenvalue weighted by Gasteiger charge is -2.29. The molecule has 0 spiro atoms. The minimum atomic E-state index is -3.69. The van der Waals surface area contributed by atoms with Crippen LogP contribution in [0.1, 0.15) is 29.0 Å². The van der Waals surface area contributed by atoms with Gasteiger partial charge in [-0.2, -0.15) is 4.31 Å². The second-order valence-electron chi connectivity index (χ2n) is 7.61. The number of para-hydroxylation sites is 1. The monoisotopic (exact) mass is 444 g/mol. The minimum Gasteiger partial charge on any atom is -0.360 e. The maximum atomic E-state index is 12.8. The zero-order chi connectivity index (χ0) is 22.2. The number of piperidine rings is 1. The second kappa shape index (κ2) is 8.16. The van der Waals surface area contributed by atoms with Gasteiger partial charge < -0.3 is 9.55 Å². The summed E-state index contributed by atoms with van der Waals surface area (Å²) >= 11 is 0. The molecule has 1 saturated heterocycles. The van der Waals surface area contributed by atoms with E-state index in [9.17, 15) is 18.0 Å². The van der Waals surface area contributed by atoms with Crippen LogP contribution in [0.15, 0.2) is 41.7 Å². The zero-order valence-corrected chi connectivity index (χ0v) is 18.1. The molecule has 0 radical (unpaired) electrons. The van der Waals surface area contributed by atoms with Gasteiger partial charge in [0.25, 0.3) is 15.9 Å². The summed E-state index contributed by atoms with van der Waals surface area (Å²) in [5.74, 6) is -0.533. The van der Waals surface area contributed by atoms with Gasteiger partial charge in [-0.15, -0.1) is 0 Å². The number of sulfonamides is 1. The lowest BCUT2D eigenvalue weighted by atomic mass is 9.98. The summed E-state index contributed by atoms with van der Waals surface area (Å²) < 4.78 is 28.6. The Morgan fingerprint density at radius 3 is 2.55 bits per heavy atom. The van der Waals surface area contributed by atoms with Crippen LogP contribution in [0.5, 0.6) is 0 Å². The van der Waals surface area contributed by atoms with E-state index in [1.165, 1.54) is 10.5 Å². The number of imidazole rings is 1. The Morgan fingerprint density at radius 2 is 1.87 bits per heavy atom. The number of hydrazine groups is 1. The Bertz CT molecular complexity index is 1220. The standard InChI is InChI=1S/C20H24N6O4S/c1-13-22-18(12-25(13)2)31(29,30)26-9-7-14(8-10-26)19(27)23-24-20(28)16-11-21-17-6-4-3-5-15(16)17/h3-6,11-12,14,21H,7-10H2,1-2H3,(H,23,27)(H,24,28). The molecule has 10 nitrogen and oxygen atoms in total. The van der Waals surface area contributed by atoms with Crippen molar-refractivity contribution >= 4 is 32.7 Å². The molecular formula is C20H24N6O4S. The highest BCUT2D eigenvalue weighted by Gasteiger charge is 2.33. The van der Waals surface area contributed by atoms with E-state index in [-0.39, 0.29) is 29.9 Å². The van der Waals surface area contributed by atoms with E-state index >= 15 is 0 Å². The molecule has 1 aliphatic rings. The van der Waals surface area contributed by atoms with E-state index in [4.69, 9.17) is 0 Å². The summed E-state index contributed by atoms with van der Waals surface area (Å²) in [5.41, 5.74) is 6.17. The van der Waals surface area contributed by atoms with Gasteiger partial charge in [0, 0.05) is 49.4 Å². The smallest absolute Gasteiger partial charge is 0.271 e. The second-order valence-corrected chi connectivity index (χ2v) is 9.49. The third kappa shape index (κ3) is 4.06. The van der Waals surface area contributed by atoms with Gasteiger partial charge in [0.15, 0.2) is 5.03 Å². The summed E-state index contributed by atoms with van der Waals surface area (Å²) in [6.07, 6.45) is 3.80. The van der Waals surface area contributed by atoms with Crippen LogP contribution >= 0.6 is 0 Å². The third-order valence-electron chi connectivity index (χ3n) is 5.65. The number of aromatic nitrogens is 3. The molecule has 4 rings (SSSR count). The van der Waals surface area contributed by atoms with Crippen molar-refractivity contribution < 1.29 is 18.0 Å². The minimum absolute atomic E-state index is 0.0152. The average Bonchev–Trinajstić information content (AvgIpc) is 3.35. The number of carbonyl (C=O) groups excluding carboxylic acids is 2. The van der Waals surface area contributed by atoms with Gasteiger partial charge in [-0.25, -0.2) is 13.4 Å². The molecule has 1 aromatic carbocycles. The van der Waals surface area contributed by atoms with Crippen LogP contribution < -0.4 is 10.9 Å². The number of carbonyl (C=O) groups is 2. The van der Waals surface area contributed by atoms with Gasteiger partial charge >= 0.3 is 0 Å². The van der Waals surface area contributed by atoms with Crippen molar-refractivity contribution in [2.75, 3.05) is 13.1 Å². The van der Waals surface area contributed by atoms with Crippen LogP contribution in [0.2, 0.25) is 0 Å². The van der Waals surface area contributed by atoms with Gasteiger partial charge in [0.1, 0.15) is 5.82 Å². The fraction of sp³-hybridized carbons (Fsp3) is 0.350. The van der Waals surface area contributed by atoms with E-state index in [0.717, 1.165) is 10.9 Å². The summed E-state index contributed by atoms with van der Waals surface area (Å²) in [6, 6.07) is 7.38. The predicted molar refractivity (Wildman–Crippen MR) is 113 cm³/mol. The number of H-pyrrole nitrogens is 1. The summed E-state index contributed by atoms with van der Waals surface area (Å²) in [6.45, 7) is 2.17. The molecule has 0 aliphatic carbocycles. The number of hydrogen-bond acceptors (Lipinski definition) is 5. The average molecular weight is 445 g/mol. The molecule has 3 N–H and O–H groups in total. The van der Waals surface area contributed by atoms with Gasteiger partial charge in [-0.1, -0.05) is 18.2 Å². The molecule has 1 aliphatic heterocycles. The topological polar surface area (TPSA) is 129 Å². The summed E-state index contributed by atoms with van der Waals surface area (Å²) in [4.78, 5) is 32.1. The van der Waals surface area contributed by atoms with E-state index in [2.05, 4.69) is 20.8 Å². The molecular weight excluding hydrogens is 420 g/mol. The fourth-order valence-corrected chi connectivity index (χ4v) is 5.18. The number of fused-ring (bicyclic) bond motifs is 1. The van der Waals surface area contributed by atoms with E-state index in [0.29, 0.717) is 24.2 Å². The molecule has 2 aromatic heterocycles. The Kier molecular flexibility index (Phi) is 5.54. The summed E-state index contributed by atoms with van der Waals surface area (Å²) in [5, 5.41) is 0.777. The van der Waals surface area contributed by atoms with Crippen molar-refractivity contribution in [2.45, 2.75) is 24.8 Å². The SMILES string of the molecule is Cc1nc(S(=O)(=O)N2CCC(C(=O)NNC(=O)c3c[nH]c4ccccc34)CC2)cn1C. The number of rotatable bonds is 4. The molecule has 1 fully saturated rings. The van der Waals surface area contributed by atoms with Crippen LogP contribution in [-0.4, -0.2) is 52.2 Å². The van der Waals surface area contributed by atoms with Crippen molar-refractivity contribution in [3.05, 3.63) is 48.0 Å². The van der Waals surface area contributed by atoms with Crippen LogP contribution in [0.25, 0.3) is 10.9 Å². The first-order chi connectivity index (χ1) is 14.8. The van der Waals surface area contributed by atoms with Crippen molar-refractivity contribution in [3.8, 4) is 0 Å². The van der Waals surface area contributed by atoms with E-state index in [1.807, 2.05) is 24.3 Å². The highest BCUT2D eigenvalue weighted by molar-refractivity contribution is 7.89. The van der Waals surface area contributed by atoms with Crippen molar-refractivity contribution in [2.24, 2.45) is 13.0 Å². The number of amides is 2. The Balaban J connectivity index is 1.32. The van der Waals surface area contributed by atoms with Crippen LogP contribution in [0.3, 0.4) is 0 Å². The molecule has 0 bridgehead atoms. The maximum Gasteiger partial charge on any atom is 0.271 e. The van der Waals surface area contributed by atoms with Gasteiger partial charge in [-0.05, 0) is 25.8 Å². The summed E-state index contributed by atoms with van der Waals surface area (Å²) in [7, 11) is -1.95. The first-order valence-corrected chi connectivity index (χ1v) is 11.4. The number of aromatic amines is 1. The lowest BCUT2D eigenvalue weighted by Crippen LogP contribution is -2.48. The molecule has 11 heteroatoms. The number of nitrogens with zero attached hydrogens (tertiary/aromatic N) is 3. The first kappa shape index (κ1) is 21.1. The highest BCUT2D eigenvalue weighted by atomic mass is 32.2. The molecule has 2 amide bonds. The number of hydrogen-bond donors (Lipinski definition) is 3. The quantitative estimate of drug-likeness (QED) is 0.519. The normalized spacial score (nSPS) is 15.8. The van der Waals surface area contributed by atoms with Crippen molar-refractivity contribution in [1.29, 1.82) is 0 Å². The maximum absolute atomic E-state index is 12.8. The number of aryl methyl sites for hydroxylation is 2. The van der Waals surface area contributed by atoms with Crippen LogP contribution in [0, 0.1) is 12.8 Å². The molecule has 0 saturated carbocycles. The Labute approximate surface area is 179 Å². The number of benzene rings is 1. The Morgan fingerprint density at radius 1 is 1.16 bits per heavy atom. The molecule has 164 valence electrons. The molecule has 31 heavy (non-hydrogen) atoms. The molecule has 0 atom stereocenters. The molecule has 0 unspecified atom stereocenters. The Hall–Kier alpha value is -3.18. The fourth-order valence-electron chi connectivity index (χ4n) is 3.69. The number of nitrogens with one attached hydrogen (secondary N) is 3. The molecule has 3 aromatic rings. The lowest BCUT2D eigenvalue weighted by molar-refractivity contribution is -0.126. The predicted octanol–water partition coefficient (Wildman–Crippen LogP) is 1.07. The van der Waals surface area contributed by atoms with Gasteiger partial charge in [-0.3, -0.25) is 20.4 Å². The van der Waals surface area contributed by atoms with E-state index < -0.39 is 15.9 Å². The van der Waals surface area contributed by atoms with E-state index in [1.54, 1.807) is 24.7 Å². The third-order valence-corrected chi connectivity index (χ3v) is 7.42. The zero-order valence-electron chi connectivity index (χ0n) is 17.3. The van der Waals surface area contributed by atoms with Crippen LogP contribution in [-0.2, 0) is 21.9 Å². The van der Waals surface area contributed by atoms with Gasteiger partial charge in [0.05, 0.1) is 5.56 Å². The van der Waals surface area contributed by atoms with Crippen molar-refractivity contribution in [3.63, 3.8) is 0 Å².